The van der Waals surface area contributed by atoms with Crippen molar-refractivity contribution in [1.29, 1.82) is 0 Å². The molecule has 0 bridgehead atoms. The van der Waals surface area contributed by atoms with Crippen molar-refractivity contribution in [2.45, 2.75) is 32.1 Å². The molecule has 0 aromatic heterocycles. The zero-order chi connectivity index (χ0) is 19.9. The highest BCUT2D eigenvalue weighted by Crippen LogP contribution is 2.51. The van der Waals surface area contributed by atoms with Crippen LogP contribution in [0.25, 0.3) is 0 Å². The molecular weight excluding hydrogens is 374 g/mol. The van der Waals surface area contributed by atoms with Gasteiger partial charge in [0.1, 0.15) is 11.5 Å². The molecule has 0 N–H and O–H groups in total. The standard InChI is InChI=1S/C23H27ClNO3/c1-15(2)10-23(26)27-14-25(3)12-19-17-6-4-5-7-21(17)28-22-9-8-16(24)11-18(22)20(19)13-25/h4-9,11,15,19-20H,10,12-14H2,1-3H3/q+1. The van der Waals surface area contributed by atoms with Crippen LogP contribution < -0.4 is 4.74 Å². The fraction of sp³-hybridized carbons (Fsp3) is 0.435. The Balaban J connectivity index is 1.65. The first kappa shape index (κ1) is 19.3. The lowest BCUT2D eigenvalue weighted by atomic mass is 9.84. The highest BCUT2D eigenvalue weighted by molar-refractivity contribution is 6.30. The summed E-state index contributed by atoms with van der Waals surface area (Å²) in [6, 6.07) is 14.1. The molecule has 0 spiro atoms. The van der Waals surface area contributed by atoms with E-state index in [4.69, 9.17) is 21.1 Å². The monoisotopic (exact) mass is 400 g/mol. The van der Waals surface area contributed by atoms with Gasteiger partial charge in [0, 0.05) is 34.4 Å². The molecule has 4 nitrogen and oxygen atoms in total. The van der Waals surface area contributed by atoms with Gasteiger partial charge in [-0.2, -0.15) is 0 Å². The van der Waals surface area contributed by atoms with Crippen molar-refractivity contribution in [3.63, 3.8) is 0 Å². The molecule has 0 saturated carbocycles. The third kappa shape index (κ3) is 3.76. The molecule has 2 aliphatic rings. The summed E-state index contributed by atoms with van der Waals surface area (Å²) in [7, 11) is 2.17. The number of ether oxygens (including phenoxy) is 2. The van der Waals surface area contributed by atoms with Crippen LogP contribution in [0.3, 0.4) is 0 Å². The molecule has 4 rings (SSSR count). The lowest BCUT2D eigenvalue weighted by Gasteiger charge is -2.29. The largest absolute Gasteiger partial charge is 0.457 e. The van der Waals surface area contributed by atoms with E-state index in [0.717, 1.165) is 35.2 Å². The Morgan fingerprint density at radius 2 is 1.82 bits per heavy atom. The van der Waals surface area contributed by atoms with Crippen molar-refractivity contribution in [2.75, 3.05) is 26.9 Å². The summed E-state index contributed by atoms with van der Waals surface area (Å²) in [5.41, 5.74) is 2.36. The van der Waals surface area contributed by atoms with E-state index in [2.05, 4.69) is 19.2 Å². The van der Waals surface area contributed by atoms with Gasteiger partial charge in [-0.25, -0.2) is 0 Å². The number of para-hydroxylation sites is 1. The second-order valence-corrected chi connectivity index (χ2v) is 9.20. The summed E-state index contributed by atoms with van der Waals surface area (Å²) >= 11 is 6.32. The van der Waals surface area contributed by atoms with Crippen LogP contribution >= 0.6 is 11.6 Å². The topological polar surface area (TPSA) is 35.5 Å². The summed E-state index contributed by atoms with van der Waals surface area (Å²) in [5.74, 6) is 2.53. The molecular formula is C23H27ClNO3+. The number of rotatable bonds is 4. The molecule has 28 heavy (non-hydrogen) atoms. The number of esters is 1. The van der Waals surface area contributed by atoms with Gasteiger partial charge in [-0.15, -0.1) is 0 Å². The lowest BCUT2D eigenvalue weighted by Crippen LogP contribution is -2.44. The van der Waals surface area contributed by atoms with Gasteiger partial charge in [-0.3, -0.25) is 9.28 Å². The first-order valence-corrected chi connectivity index (χ1v) is 10.3. The number of hydrogen-bond donors (Lipinski definition) is 0. The number of benzene rings is 2. The quantitative estimate of drug-likeness (QED) is 0.514. The van der Waals surface area contributed by atoms with Crippen molar-refractivity contribution in [2.24, 2.45) is 5.92 Å². The van der Waals surface area contributed by atoms with E-state index in [1.807, 2.05) is 44.2 Å². The zero-order valence-electron chi connectivity index (χ0n) is 16.7. The molecule has 0 amide bonds. The minimum atomic E-state index is -0.117. The van der Waals surface area contributed by atoms with Crippen LogP contribution in [0.4, 0.5) is 0 Å². The molecule has 0 aliphatic carbocycles. The number of quaternary nitrogens is 1. The van der Waals surface area contributed by atoms with E-state index < -0.39 is 0 Å². The van der Waals surface area contributed by atoms with Crippen LogP contribution in [-0.2, 0) is 9.53 Å². The number of halogens is 1. The predicted octanol–water partition coefficient (Wildman–Crippen LogP) is 5.32. The second kappa shape index (κ2) is 7.41. The number of hydrogen-bond acceptors (Lipinski definition) is 3. The Morgan fingerprint density at radius 3 is 2.57 bits per heavy atom. The van der Waals surface area contributed by atoms with Crippen LogP contribution in [0, 0.1) is 5.92 Å². The van der Waals surface area contributed by atoms with Crippen LogP contribution in [0.2, 0.25) is 5.02 Å². The molecule has 2 aliphatic heterocycles. The maximum atomic E-state index is 12.1. The van der Waals surface area contributed by atoms with Crippen LogP contribution in [0.1, 0.15) is 43.2 Å². The SMILES string of the molecule is CC(C)CC(=O)OC[N+]1(C)CC2c3ccccc3Oc3ccc(Cl)cc3C2C1. The Labute approximate surface area is 171 Å². The second-order valence-electron chi connectivity index (χ2n) is 8.76. The Bertz CT molecular complexity index is 897. The highest BCUT2D eigenvalue weighted by Gasteiger charge is 2.48. The van der Waals surface area contributed by atoms with Gasteiger partial charge in [0.15, 0.2) is 0 Å². The first-order chi connectivity index (χ1) is 13.3. The summed E-state index contributed by atoms with van der Waals surface area (Å²) < 4.78 is 12.6. The normalized spacial score (nSPS) is 25.3. The van der Waals surface area contributed by atoms with Gasteiger partial charge < -0.3 is 9.47 Å². The fourth-order valence-corrected chi connectivity index (χ4v) is 4.72. The highest BCUT2D eigenvalue weighted by atomic mass is 35.5. The average Bonchev–Trinajstić information content (AvgIpc) is 2.94. The molecule has 5 heteroatoms. The van der Waals surface area contributed by atoms with E-state index in [1.54, 1.807) is 0 Å². The minimum Gasteiger partial charge on any atom is -0.457 e. The number of carbonyl (C=O) groups excluding carboxylic acids is 1. The number of likely N-dealkylation sites (tertiary alicyclic amines) is 1. The number of carbonyl (C=O) groups is 1. The first-order valence-electron chi connectivity index (χ1n) is 9.90. The molecule has 1 fully saturated rings. The van der Waals surface area contributed by atoms with Crippen LogP contribution in [0.5, 0.6) is 11.5 Å². The Morgan fingerprint density at radius 1 is 1.14 bits per heavy atom. The summed E-state index contributed by atoms with van der Waals surface area (Å²) in [5, 5.41) is 0.719. The molecule has 2 aromatic carbocycles. The number of fused-ring (bicyclic) bond motifs is 5. The maximum Gasteiger partial charge on any atom is 0.310 e. The van der Waals surface area contributed by atoms with Crippen LogP contribution in [-0.4, -0.2) is 37.3 Å². The third-order valence-corrected chi connectivity index (χ3v) is 6.02. The predicted molar refractivity (Wildman–Crippen MR) is 110 cm³/mol. The van der Waals surface area contributed by atoms with Crippen molar-refractivity contribution >= 4 is 17.6 Å². The Kier molecular flexibility index (Phi) is 5.11. The number of likely N-dealkylation sites (N-methyl/N-ethyl adjacent to an activating group) is 1. The summed E-state index contributed by atoms with van der Waals surface area (Å²) in [4.78, 5) is 12.1. The number of nitrogens with zero attached hydrogens (tertiary/aromatic N) is 1. The molecule has 148 valence electrons. The van der Waals surface area contributed by atoms with Crippen molar-refractivity contribution < 1.29 is 18.8 Å². The van der Waals surface area contributed by atoms with Crippen molar-refractivity contribution in [3.8, 4) is 11.5 Å². The Hall–Kier alpha value is -2.04. The molecule has 3 atom stereocenters. The molecule has 3 unspecified atom stereocenters. The lowest BCUT2D eigenvalue weighted by molar-refractivity contribution is -0.915. The van der Waals surface area contributed by atoms with Gasteiger partial charge in [0.25, 0.3) is 0 Å². The summed E-state index contributed by atoms with van der Waals surface area (Å²) in [6.07, 6.45) is 0.460. The molecule has 1 saturated heterocycles. The molecule has 2 aromatic rings. The van der Waals surface area contributed by atoms with E-state index in [9.17, 15) is 4.79 Å². The van der Waals surface area contributed by atoms with E-state index in [0.29, 0.717) is 29.5 Å². The zero-order valence-corrected chi connectivity index (χ0v) is 17.4. The molecule has 2 heterocycles. The maximum absolute atomic E-state index is 12.1. The van der Waals surface area contributed by atoms with Crippen LogP contribution in [0.15, 0.2) is 42.5 Å². The van der Waals surface area contributed by atoms with Gasteiger partial charge in [0.05, 0.1) is 20.1 Å². The van der Waals surface area contributed by atoms with Gasteiger partial charge >= 0.3 is 5.97 Å². The smallest absolute Gasteiger partial charge is 0.310 e. The third-order valence-electron chi connectivity index (χ3n) is 5.78. The van der Waals surface area contributed by atoms with Crippen molar-refractivity contribution in [3.05, 3.63) is 58.6 Å². The van der Waals surface area contributed by atoms with E-state index >= 15 is 0 Å². The molecule has 0 radical (unpaired) electrons. The van der Waals surface area contributed by atoms with E-state index in [-0.39, 0.29) is 11.9 Å². The van der Waals surface area contributed by atoms with Crippen molar-refractivity contribution in [1.82, 2.24) is 0 Å². The van der Waals surface area contributed by atoms with E-state index in [1.165, 1.54) is 5.56 Å². The summed E-state index contributed by atoms with van der Waals surface area (Å²) in [6.45, 7) is 6.24. The fourth-order valence-electron chi connectivity index (χ4n) is 4.53. The average molecular weight is 401 g/mol. The van der Waals surface area contributed by atoms with Gasteiger partial charge in [-0.1, -0.05) is 43.6 Å². The van der Waals surface area contributed by atoms with Gasteiger partial charge in [-0.05, 0) is 30.2 Å². The van der Waals surface area contributed by atoms with Gasteiger partial charge in [0.2, 0.25) is 6.73 Å². The minimum absolute atomic E-state index is 0.117.